The maximum atomic E-state index is 12.9. The van der Waals surface area contributed by atoms with Crippen molar-refractivity contribution < 1.29 is 9.13 Å². The van der Waals surface area contributed by atoms with E-state index in [2.05, 4.69) is 20.3 Å². The molecule has 0 bridgehead atoms. The first kappa shape index (κ1) is 15.3. The lowest BCUT2D eigenvalue weighted by Gasteiger charge is -2.50. The Balaban J connectivity index is 1.32. The number of hydrogen-bond donors (Lipinski definition) is 1. The molecule has 0 radical (unpaired) electrons. The summed E-state index contributed by atoms with van der Waals surface area (Å²) in [5.74, 6) is 1.57. The van der Waals surface area contributed by atoms with Crippen molar-refractivity contribution in [2.24, 2.45) is 5.92 Å². The van der Waals surface area contributed by atoms with E-state index in [1.165, 1.54) is 12.4 Å². The van der Waals surface area contributed by atoms with Crippen molar-refractivity contribution in [2.45, 2.75) is 18.4 Å². The van der Waals surface area contributed by atoms with Gasteiger partial charge in [-0.1, -0.05) is 6.07 Å². The highest BCUT2D eigenvalue weighted by Crippen LogP contribution is 2.42. The topological polar surface area (TPSA) is 63.2 Å². The molecule has 0 amide bonds. The quantitative estimate of drug-likeness (QED) is 0.906. The second-order valence-corrected chi connectivity index (χ2v) is 6.39. The fourth-order valence-electron chi connectivity index (χ4n) is 3.59. The highest BCUT2D eigenvalue weighted by Gasteiger charge is 2.53. The zero-order valence-electron chi connectivity index (χ0n) is 13.4. The highest BCUT2D eigenvalue weighted by molar-refractivity contribution is 5.38. The van der Waals surface area contributed by atoms with Crippen LogP contribution in [0.25, 0.3) is 0 Å². The minimum Gasteiger partial charge on any atom is -0.371 e. The maximum Gasteiger partial charge on any atom is 0.225 e. The molecule has 0 unspecified atom stereocenters. The molecule has 4 heterocycles. The van der Waals surface area contributed by atoms with Gasteiger partial charge in [0.25, 0.3) is 0 Å². The third-order valence-corrected chi connectivity index (χ3v) is 4.87. The van der Waals surface area contributed by atoms with Crippen LogP contribution >= 0.6 is 0 Å². The van der Waals surface area contributed by atoms with Gasteiger partial charge in [0.1, 0.15) is 11.4 Å². The number of aromatic nitrogens is 3. The van der Waals surface area contributed by atoms with E-state index in [0.29, 0.717) is 11.9 Å². The van der Waals surface area contributed by atoms with Crippen molar-refractivity contribution in [3.8, 4) is 0 Å². The highest BCUT2D eigenvalue weighted by atomic mass is 19.1. The molecule has 2 aliphatic heterocycles. The number of nitrogens with zero attached hydrogens (tertiary/aromatic N) is 4. The predicted octanol–water partition coefficient (Wildman–Crippen LogP) is 2.11. The van der Waals surface area contributed by atoms with Crippen molar-refractivity contribution in [3.05, 3.63) is 42.6 Å². The van der Waals surface area contributed by atoms with Crippen LogP contribution in [-0.2, 0) is 4.74 Å². The molecule has 2 aliphatic rings. The summed E-state index contributed by atoms with van der Waals surface area (Å²) in [5.41, 5.74) is -0.108. The van der Waals surface area contributed by atoms with Crippen LogP contribution in [0, 0.1) is 11.7 Å². The van der Waals surface area contributed by atoms with Gasteiger partial charge in [-0.2, -0.15) is 0 Å². The van der Waals surface area contributed by atoms with E-state index in [9.17, 15) is 4.39 Å². The van der Waals surface area contributed by atoms with E-state index < -0.39 is 5.82 Å². The van der Waals surface area contributed by atoms with Gasteiger partial charge in [0.05, 0.1) is 25.5 Å². The van der Waals surface area contributed by atoms with Gasteiger partial charge in [0, 0.05) is 19.3 Å². The monoisotopic (exact) mass is 329 g/mol. The van der Waals surface area contributed by atoms with Gasteiger partial charge in [-0.15, -0.1) is 0 Å². The smallest absolute Gasteiger partial charge is 0.225 e. The lowest BCUT2D eigenvalue weighted by molar-refractivity contribution is -0.0454. The lowest BCUT2D eigenvalue weighted by atomic mass is 9.79. The average Bonchev–Trinajstić information content (AvgIpc) is 2.99. The summed E-state index contributed by atoms with van der Waals surface area (Å²) in [6.07, 6.45) is 6.31. The Hall–Kier alpha value is -2.28. The summed E-state index contributed by atoms with van der Waals surface area (Å²) in [6.45, 7) is 3.21. The van der Waals surface area contributed by atoms with Crippen molar-refractivity contribution in [1.29, 1.82) is 0 Å². The number of anilines is 2. The van der Waals surface area contributed by atoms with Gasteiger partial charge >= 0.3 is 0 Å². The lowest BCUT2D eigenvalue weighted by Crippen LogP contribution is -2.65. The van der Waals surface area contributed by atoms with Crippen LogP contribution < -0.4 is 10.2 Å². The fourth-order valence-corrected chi connectivity index (χ4v) is 3.59. The third kappa shape index (κ3) is 2.91. The Morgan fingerprint density at radius 1 is 1.25 bits per heavy atom. The van der Waals surface area contributed by atoms with Gasteiger partial charge in [0.15, 0.2) is 5.82 Å². The zero-order chi connectivity index (χ0) is 16.4. The van der Waals surface area contributed by atoms with Crippen LogP contribution in [0.1, 0.15) is 12.8 Å². The van der Waals surface area contributed by atoms with E-state index in [4.69, 9.17) is 4.74 Å². The van der Waals surface area contributed by atoms with E-state index in [-0.39, 0.29) is 5.60 Å². The van der Waals surface area contributed by atoms with Crippen LogP contribution in [-0.4, -0.2) is 46.8 Å². The summed E-state index contributed by atoms with van der Waals surface area (Å²) in [5, 5.41) is 3.36. The molecule has 1 N–H and O–H groups in total. The molecule has 1 spiro atoms. The van der Waals surface area contributed by atoms with Gasteiger partial charge in [-0.25, -0.2) is 19.3 Å². The van der Waals surface area contributed by atoms with E-state index in [1.54, 1.807) is 6.20 Å². The van der Waals surface area contributed by atoms with Crippen molar-refractivity contribution >= 4 is 11.8 Å². The molecule has 0 saturated carbocycles. The van der Waals surface area contributed by atoms with Crippen LogP contribution in [0.2, 0.25) is 0 Å². The predicted molar refractivity (Wildman–Crippen MR) is 88.3 cm³/mol. The van der Waals surface area contributed by atoms with Crippen LogP contribution in [0.3, 0.4) is 0 Å². The second-order valence-electron chi connectivity index (χ2n) is 6.39. The number of ether oxygens (including phenoxy) is 1. The van der Waals surface area contributed by atoms with Gasteiger partial charge < -0.3 is 15.0 Å². The molecule has 7 heteroatoms. The van der Waals surface area contributed by atoms with Gasteiger partial charge in [-0.05, 0) is 30.9 Å². The van der Waals surface area contributed by atoms with E-state index in [0.717, 1.165) is 44.9 Å². The summed E-state index contributed by atoms with van der Waals surface area (Å²) in [4.78, 5) is 14.4. The summed E-state index contributed by atoms with van der Waals surface area (Å²) in [6, 6.07) is 5.85. The molecule has 0 aliphatic carbocycles. The molecule has 126 valence electrons. The Morgan fingerprint density at radius 2 is 2.08 bits per heavy atom. The Labute approximate surface area is 140 Å². The first-order valence-electron chi connectivity index (χ1n) is 8.27. The van der Waals surface area contributed by atoms with Crippen molar-refractivity contribution in [3.63, 3.8) is 0 Å². The normalized spacial score (nSPS) is 21.7. The summed E-state index contributed by atoms with van der Waals surface area (Å²) < 4.78 is 19.0. The average molecular weight is 329 g/mol. The number of hydrogen-bond acceptors (Lipinski definition) is 6. The van der Waals surface area contributed by atoms with Crippen LogP contribution in [0.5, 0.6) is 0 Å². The Morgan fingerprint density at radius 3 is 2.83 bits per heavy atom. The first-order valence-corrected chi connectivity index (χ1v) is 8.27. The zero-order valence-corrected chi connectivity index (χ0v) is 13.4. The fraction of sp³-hybridized carbons (Fsp3) is 0.471. The van der Waals surface area contributed by atoms with Crippen LogP contribution in [0.15, 0.2) is 36.8 Å². The number of pyridine rings is 1. The minimum absolute atomic E-state index is 0.108. The molecule has 24 heavy (non-hydrogen) atoms. The Bertz CT molecular complexity index is 675. The Kier molecular flexibility index (Phi) is 4.02. The van der Waals surface area contributed by atoms with Crippen LogP contribution in [0.4, 0.5) is 16.2 Å². The third-order valence-electron chi connectivity index (χ3n) is 4.87. The van der Waals surface area contributed by atoms with Crippen molar-refractivity contribution in [1.82, 2.24) is 15.0 Å². The van der Waals surface area contributed by atoms with E-state index >= 15 is 0 Å². The standard InChI is InChI=1S/C17H20FN5O/c18-14-9-21-16(22-10-14)23-11-17(12-23)13(5-8-24-17)4-7-20-15-3-1-2-6-19-15/h1-3,6,9-10,13H,4-5,7-8,11-12H2,(H,19,20)/t13-/m0/s1. The number of rotatable bonds is 5. The molecule has 2 aromatic heterocycles. The molecule has 2 saturated heterocycles. The minimum atomic E-state index is -0.412. The molecule has 1 atom stereocenters. The molecule has 2 fully saturated rings. The molecule has 2 aromatic rings. The molecule has 0 aromatic carbocycles. The SMILES string of the molecule is Fc1cnc(N2CC3(C2)OCC[C@@H]3CCNc2ccccn2)nc1. The molecular weight excluding hydrogens is 309 g/mol. The van der Waals surface area contributed by atoms with Gasteiger partial charge in [0.2, 0.25) is 5.95 Å². The maximum absolute atomic E-state index is 12.9. The molecular formula is C17H20FN5O. The number of nitrogens with one attached hydrogen (secondary N) is 1. The first-order chi connectivity index (χ1) is 11.8. The molecule has 6 nitrogen and oxygen atoms in total. The molecule has 4 rings (SSSR count). The summed E-state index contributed by atoms with van der Waals surface area (Å²) >= 11 is 0. The van der Waals surface area contributed by atoms with Gasteiger partial charge in [-0.3, -0.25) is 0 Å². The number of halogens is 1. The largest absolute Gasteiger partial charge is 0.371 e. The van der Waals surface area contributed by atoms with Crippen molar-refractivity contribution in [2.75, 3.05) is 36.5 Å². The summed E-state index contributed by atoms with van der Waals surface area (Å²) in [7, 11) is 0. The van der Waals surface area contributed by atoms with E-state index in [1.807, 2.05) is 23.1 Å². The second kappa shape index (κ2) is 6.32.